The summed E-state index contributed by atoms with van der Waals surface area (Å²) in [5.41, 5.74) is 2.22. The van der Waals surface area contributed by atoms with Crippen molar-refractivity contribution in [1.82, 2.24) is 10.3 Å². The largest absolute Gasteiger partial charge is 0.463 e. The number of nitrogens with one attached hydrogen (secondary N) is 2. The third kappa shape index (κ3) is 2.73. The highest BCUT2D eigenvalue weighted by molar-refractivity contribution is 5.96. The monoisotopic (exact) mass is 302 g/mol. The second-order valence-electron chi connectivity index (χ2n) is 5.14. The number of carbonyl (C=O) groups is 1. The van der Waals surface area contributed by atoms with Crippen LogP contribution >= 0.6 is 0 Å². The normalized spacial score (nSPS) is 14.0. The number of aromatic amines is 1. The van der Waals surface area contributed by atoms with E-state index in [9.17, 15) is 14.3 Å². The molecule has 3 rings (SSSR count). The predicted octanol–water partition coefficient (Wildman–Crippen LogP) is 2.75. The fourth-order valence-electron chi connectivity index (χ4n) is 2.28. The fraction of sp³-hybridized carbons (Fsp3) is 0.188. The quantitative estimate of drug-likeness (QED) is 0.693. The van der Waals surface area contributed by atoms with E-state index >= 15 is 0 Å². The van der Waals surface area contributed by atoms with E-state index < -0.39 is 12.1 Å². The van der Waals surface area contributed by atoms with Gasteiger partial charge in [-0.1, -0.05) is 12.1 Å². The van der Waals surface area contributed by atoms with Crippen LogP contribution in [0, 0.1) is 5.82 Å². The lowest BCUT2D eigenvalue weighted by molar-refractivity contribution is 0.0848. The maximum Gasteiger partial charge on any atom is 0.268 e. The van der Waals surface area contributed by atoms with Gasteiger partial charge < -0.3 is 19.8 Å². The van der Waals surface area contributed by atoms with E-state index in [-0.39, 0.29) is 11.7 Å². The number of furan rings is 1. The van der Waals surface area contributed by atoms with E-state index in [4.69, 9.17) is 4.42 Å². The summed E-state index contributed by atoms with van der Waals surface area (Å²) in [6.45, 7) is 1.68. The number of fused-ring (bicyclic) bond motifs is 1. The molecule has 5 nitrogen and oxygen atoms in total. The van der Waals surface area contributed by atoms with Gasteiger partial charge >= 0.3 is 0 Å². The molecule has 2 aromatic heterocycles. The number of aliphatic hydroxyl groups excluding tert-OH is 1. The Kier molecular flexibility index (Phi) is 3.68. The van der Waals surface area contributed by atoms with Gasteiger partial charge in [-0.3, -0.25) is 4.79 Å². The number of hydrogen-bond acceptors (Lipinski definition) is 3. The van der Waals surface area contributed by atoms with Crippen molar-refractivity contribution < 1.29 is 18.7 Å². The molecule has 0 saturated heterocycles. The highest BCUT2D eigenvalue weighted by Crippen LogP contribution is 2.19. The van der Waals surface area contributed by atoms with E-state index in [1.54, 1.807) is 19.1 Å². The SMILES string of the molecule is CC(NC(=O)c1cc2occc2[nH]1)C(O)c1ccc(F)cc1. The van der Waals surface area contributed by atoms with Crippen LogP contribution in [0.4, 0.5) is 4.39 Å². The third-order valence-electron chi connectivity index (χ3n) is 3.53. The number of carbonyl (C=O) groups excluding carboxylic acids is 1. The molecule has 2 heterocycles. The molecule has 1 amide bonds. The first-order valence-corrected chi connectivity index (χ1v) is 6.85. The summed E-state index contributed by atoms with van der Waals surface area (Å²) >= 11 is 0. The lowest BCUT2D eigenvalue weighted by Crippen LogP contribution is -2.37. The molecule has 3 N–H and O–H groups in total. The van der Waals surface area contributed by atoms with E-state index in [1.807, 2.05) is 0 Å². The predicted molar refractivity (Wildman–Crippen MR) is 78.9 cm³/mol. The molecule has 1 aromatic carbocycles. The average Bonchev–Trinajstić information content (AvgIpc) is 3.08. The lowest BCUT2D eigenvalue weighted by Gasteiger charge is -2.20. The Labute approximate surface area is 125 Å². The molecule has 0 radical (unpaired) electrons. The van der Waals surface area contributed by atoms with Crippen LogP contribution in [0.2, 0.25) is 0 Å². The average molecular weight is 302 g/mol. The van der Waals surface area contributed by atoms with Crippen LogP contribution in [0.5, 0.6) is 0 Å². The number of halogens is 1. The summed E-state index contributed by atoms with van der Waals surface area (Å²) in [6, 6.07) is 8.31. The topological polar surface area (TPSA) is 78.3 Å². The molecule has 0 aliphatic heterocycles. The van der Waals surface area contributed by atoms with E-state index in [0.717, 1.165) is 5.52 Å². The third-order valence-corrected chi connectivity index (χ3v) is 3.53. The highest BCUT2D eigenvalue weighted by atomic mass is 19.1. The molecule has 0 aliphatic rings. The zero-order chi connectivity index (χ0) is 15.7. The second kappa shape index (κ2) is 5.65. The van der Waals surface area contributed by atoms with Crippen molar-refractivity contribution in [3.63, 3.8) is 0 Å². The molecule has 0 spiro atoms. The first-order valence-electron chi connectivity index (χ1n) is 6.85. The molecule has 2 atom stereocenters. The van der Waals surface area contributed by atoms with Crippen molar-refractivity contribution in [2.45, 2.75) is 19.1 Å². The molecular weight excluding hydrogens is 287 g/mol. The maximum absolute atomic E-state index is 12.9. The van der Waals surface area contributed by atoms with Gasteiger partial charge in [-0.2, -0.15) is 0 Å². The van der Waals surface area contributed by atoms with Crippen LogP contribution in [0.3, 0.4) is 0 Å². The molecule has 114 valence electrons. The van der Waals surface area contributed by atoms with Gasteiger partial charge in [0.2, 0.25) is 0 Å². The molecule has 0 fully saturated rings. The number of hydrogen-bond donors (Lipinski definition) is 3. The zero-order valence-electron chi connectivity index (χ0n) is 11.8. The van der Waals surface area contributed by atoms with Crippen molar-refractivity contribution in [3.05, 3.63) is 59.7 Å². The number of benzene rings is 1. The molecule has 22 heavy (non-hydrogen) atoms. The number of rotatable bonds is 4. The van der Waals surface area contributed by atoms with Crippen molar-refractivity contribution in [2.24, 2.45) is 0 Å². The molecule has 2 unspecified atom stereocenters. The number of amides is 1. The van der Waals surface area contributed by atoms with Crippen molar-refractivity contribution >= 4 is 17.0 Å². The summed E-state index contributed by atoms with van der Waals surface area (Å²) in [5, 5.41) is 12.9. The van der Waals surface area contributed by atoms with Gasteiger partial charge in [0.15, 0.2) is 5.58 Å². The van der Waals surface area contributed by atoms with Crippen LogP contribution in [-0.2, 0) is 0 Å². The Morgan fingerprint density at radius 3 is 2.73 bits per heavy atom. The minimum Gasteiger partial charge on any atom is -0.463 e. The van der Waals surface area contributed by atoms with Gasteiger partial charge in [0.05, 0.1) is 23.9 Å². The molecule has 0 aliphatic carbocycles. The summed E-state index contributed by atoms with van der Waals surface area (Å²) in [4.78, 5) is 15.1. The van der Waals surface area contributed by atoms with E-state index in [1.165, 1.54) is 30.5 Å². The fourth-order valence-corrected chi connectivity index (χ4v) is 2.28. The Morgan fingerprint density at radius 2 is 2.05 bits per heavy atom. The standard InChI is InChI=1S/C16H15FN2O3/c1-9(15(20)10-2-4-11(17)5-3-10)18-16(21)13-8-14-12(19-13)6-7-22-14/h2-9,15,19-20H,1H3,(H,18,21). The Morgan fingerprint density at radius 1 is 1.32 bits per heavy atom. The summed E-state index contributed by atoms with van der Waals surface area (Å²) in [5.74, 6) is -0.721. The first-order chi connectivity index (χ1) is 10.5. The maximum atomic E-state index is 12.9. The van der Waals surface area contributed by atoms with Gasteiger partial charge in [0, 0.05) is 12.1 Å². The number of aliphatic hydroxyl groups is 1. The molecule has 0 bridgehead atoms. The van der Waals surface area contributed by atoms with Crippen molar-refractivity contribution in [3.8, 4) is 0 Å². The van der Waals surface area contributed by atoms with Gasteiger partial charge in [0.1, 0.15) is 11.5 Å². The van der Waals surface area contributed by atoms with Gasteiger partial charge in [-0.05, 0) is 24.6 Å². The highest BCUT2D eigenvalue weighted by Gasteiger charge is 2.20. The van der Waals surface area contributed by atoms with Gasteiger partial charge in [-0.15, -0.1) is 0 Å². The molecule has 6 heteroatoms. The molecule has 3 aromatic rings. The Hall–Kier alpha value is -2.60. The van der Waals surface area contributed by atoms with Crippen LogP contribution < -0.4 is 5.32 Å². The minimum absolute atomic E-state index is 0.347. The number of aromatic nitrogens is 1. The van der Waals surface area contributed by atoms with Crippen molar-refractivity contribution in [2.75, 3.05) is 0 Å². The summed E-state index contributed by atoms with van der Waals surface area (Å²) in [7, 11) is 0. The lowest BCUT2D eigenvalue weighted by atomic mass is 10.0. The van der Waals surface area contributed by atoms with E-state index in [0.29, 0.717) is 16.8 Å². The minimum atomic E-state index is -0.928. The van der Waals surface area contributed by atoms with Crippen LogP contribution in [-0.4, -0.2) is 22.0 Å². The smallest absolute Gasteiger partial charge is 0.268 e. The van der Waals surface area contributed by atoms with Gasteiger partial charge in [0.25, 0.3) is 5.91 Å². The van der Waals surface area contributed by atoms with Crippen LogP contribution in [0.15, 0.2) is 47.1 Å². The first kappa shape index (κ1) is 14.3. The second-order valence-corrected chi connectivity index (χ2v) is 5.14. The molecular formula is C16H15FN2O3. The Balaban J connectivity index is 1.70. The summed E-state index contributed by atoms with van der Waals surface area (Å²) < 4.78 is 18.1. The van der Waals surface area contributed by atoms with Crippen LogP contribution in [0.25, 0.3) is 11.1 Å². The Bertz CT molecular complexity index is 763. The van der Waals surface area contributed by atoms with Crippen LogP contribution in [0.1, 0.15) is 29.1 Å². The number of H-pyrrole nitrogens is 1. The summed E-state index contributed by atoms with van der Waals surface area (Å²) in [6.07, 6.45) is 0.603. The molecule has 0 saturated carbocycles. The van der Waals surface area contributed by atoms with E-state index in [2.05, 4.69) is 10.3 Å². The van der Waals surface area contributed by atoms with Crippen molar-refractivity contribution in [1.29, 1.82) is 0 Å². The van der Waals surface area contributed by atoms with Gasteiger partial charge in [-0.25, -0.2) is 4.39 Å². The zero-order valence-corrected chi connectivity index (χ0v) is 11.8.